The number of methoxy groups -OCH3 is 1. The van der Waals surface area contributed by atoms with Crippen LogP contribution in [-0.4, -0.2) is 66.6 Å². The molecule has 3 heterocycles. The predicted octanol–water partition coefficient (Wildman–Crippen LogP) is 10.2. The predicted molar refractivity (Wildman–Crippen MR) is 227 cm³/mol. The molecule has 2 atom stereocenters. The van der Waals surface area contributed by atoms with Crippen LogP contribution in [0.25, 0.3) is 0 Å². The zero-order chi connectivity index (χ0) is 40.6. The fourth-order valence-corrected chi connectivity index (χ4v) is 8.13. The molecule has 0 unspecified atom stereocenters. The van der Waals surface area contributed by atoms with Gasteiger partial charge >= 0.3 is 0 Å². The number of carbonyl (C=O) groups excluding carboxylic acids is 2. The highest BCUT2D eigenvalue weighted by Gasteiger charge is 2.48. The molecule has 312 valence electrons. The Kier molecular flexibility index (Phi) is 13.3. The number of para-hydroxylation sites is 2. The number of likely N-dealkylation sites (tertiary alicyclic amines) is 2. The molecule has 2 aliphatic carbocycles. The Morgan fingerprint density at radius 3 is 1.93 bits per heavy atom. The van der Waals surface area contributed by atoms with E-state index in [4.69, 9.17) is 14.2 Å². The lowest BCUT2D eigenvalue weighted by atomic mass is 10.00. The number of carbonyl (C=O) groups is 2. The number of alkyl halides is 2. The van der Waals surface area contributed by atoms with E-state index < -0.39 is 30.8 Å². The monoisotopic (exact) mass is 798 g/mol. The van der Waals surface area contributed by atoms with E-state index in [1.807, 2.05) is 74.5 Å². The van der Waals surface area contributed by atoms with Crippen LogP contribution in [0.5, 0.6) is 17.2 Å². The molecule has 0 bridgehead atoms. The maximum atomic E-state index is 14.2. The molecule has 58 heavy (non-hydrogen) atoms. The molecule has 9 rings (SSSR count). The van der Waals surface area contributed by atoms with Crippen LogP contribution in [0.2, 0.25) is 0 Å². The van der Waals surface area contributed by atoms with Crippen LogP contribution in [0.4, 0.5) is 20.2 Å². The highest BCUT2D eigenvalue weighted by molar-refractivity contribution is 5.95. The first-order chi connectivity index (χ1) is 28.2. The van der Waals surface area contributed by atoms with E-state index in [2.05, 4.69) is 33.7 Å². The number of anilines is 2. The summed E-state index contributed by atoms with van der Waals surface area (Å²) in [6.45, 7) is 5.53. The number of rotatable bonds is 11. The molecule has 0 aromatic heterocycles. The summed E-state index contributed by atoms with van der Waals surface area (Å²) in [5, 5.41) is 5.94. The summed E-state index contributed by atoms with van der Waals surface area (Å²) in [4.78, 5) is 29.6. The second kappa shape index (κ2) is 18.7. The molecule has 3 aliphatic heterocycles. The molecule has 4 aromatic carbocycles. The van der Waals surface area contributed by atoms with Crippen molar-refractivity contribution in [3.8, 4) is 17.2 Å². The number of amides is 2. The van der Waals surface area contributed by atoms with Gasteiger partial charge in [0.05, 0.1) is 25.7 Å². The zero-order valence-electron chi connectivity index (χ0n) is 33.9. The Bertz CT molecular complexity index is 2010. The van der Waals surface area contributed by atoms with E-state index in [9.17, 15) is 18.4 Å². The molecule has 4 fully saturated rings. The van der Waals surface area contributed by atoms with Gasteiger partial charge in [-0.2, -0.15) is 0 Å². The van der Waals surface area contributed by atoms with Gasteiger partial charge < -0.3 is 24.8 Å². The third kappa shape index (κ3) is 10.3. The van der Waals surface area contributed by atoms with Crippen molar-refractivity contribution in [1.82, 2.24) is 9.80 Å². The smallest absolute Gasteiger partial charge is 0.262 e. The lowest BCUT2D eigenvalue weighted by Gasteiger charge is -2.35. The van der Waals surface area contributed by atoms with Gasteiger partial charge in [-0.1, -0.05) is 74.9 Å². The number of benzene rings is 4. The lowest BCUT2D eigenvalue weighted by Crippen LogP contribution is -2.46. The van der Waals surface area contributed by atoms with Crippen LogP contribution in [0.15, 0.2) is 91.0 Å². The third-order valence-corrected chi connectivity index (χ3v) is 11.5. The maximum Gasteiger partial charge on any atom is 0.262 e. The zero-order valence-corrected chi connectivity index (χ0v) is 33.9. The number of halogens is 2. The average Bonchev–Trinajstić information content (AvgIpc) is 4.19. The van der Waals surface area contributed by atoms with Crippen LogP contribution >= 0.6 is 0 Å². The van der Waals surface area contributed by atoms with E-state index in [1.165, 1.54) is 41.7 Å². The molecule has 4 aromatic rings. The van der Waals surface area contributed by atoms with E-state index >= 15 is 0 Å². The van der Waals surface area contributed by atoms with Gasteiger partial charge in [0.2, 0.25) is 18.6 Å². The summed E-state index contributed by atoms with van der Waals surface area (Å²) < 4.78 is 44.7. The summed E-state index contributed by atoms with van der Waals surface area (Å²) in [5.41, 5.74) is 6.05. The van der Waals surface area contributed by atoms with Crippen molar-refractivity contribution in [3.05, 3.63) is 113 Å². The topological polar surface area (TPSA) is 92.4 Å². The average molecular weight is 799 g/mol. The summed E-state index contributed by atoms with van der Waals surface area (Å²) in [6, 6.07) is 28.5. The van der Waals surface area contributed by atoms with Crippen molar-refractivity contribution in [1.29, 1.82) is 0 Å². The quantitative estimate of drug-likeness (QED) is 0.156. The van der Waals surface area contributed by atoms with Crippen molar-refractivity contribution in [3.63, 3.8) is 0 Å². The highest BCUT2D eigenvalue weighted by atomic mass is 19.3. The van der Waals surface area contributed by atoms with Crippen LogP contribution in [0.3, 0.4) is 0 Å². The first kappa shape index (κ1) is 41.2. The standard InChI is InChI=1S/C23H28N2O2.C22H22F2N2O3.C2H6.2H2/c1-27-22-8-3-2-6-19(22)16-25-15-5-4-7-21(25)23(26)24-20-13-11-18(12-14-20)17-9-10-17;23-22(24)10-18(21(27)25-17-8-6-15(7-9-17)14-4-5-14)26(12-22)11-16-2-1-3-19-20(16)29-13-28-19;1-2;;/h2-3,6,8,11-14,17,21H,4-5,7,9-10,15-16H2,1H3,(H,24,26);1-3,6-9,14,18H,4-5,10-13H2,(H,25,27);1-2H3;2*1H/t21-;18-;;;/m11.../s1. The summed E-state index contributed by atoms with van der Waals surface area (Å²) in [6.07, 6.45) is 7.64. The maximum absolute atomic E-state index is 14.2. The number of hydrogen-bond donors (Lipinski definition) is 2. The minimum Gasteiger partial charge on any atom is -0.496 e. The minimum atomic E-state index is -2.91. The number of ether oxygens (including phenoxy) is 3. The number of hydrogen-bond acceptors (Lipinski definition) is 7. The molecule has 2 amide bonds. The molecule has 11 heteroatoms. The van der Waals surface area contributed by atoms with Crippen molar-refractivity contribution in [2.75, 3.05) is 37.6 Å². The first-order valence-electron chi connectivity index (χ1n) is 20.9. The van der Waals surface area contributed by atoms with Gasteiger partial charge in [-0.05, 0) is 104 Å². The second-order valence-corrected chi connectivity index (χ2v) is 15.7. The van der Waals surface area contributed by atoms with Crippen molar-refractivity contribution >= 4 is 23.2 Å². The van der Waals surface area contributed by atoms with Gasteiger partial charge in [-0.15, -0.1) is 0 Å². The van der Waals surface area contributed by atoms with Gasteiger partial charge in [0.25, 0.3) is 5.92 Å². The second-order valence-electron chi connectivity index (χ2n) is 15.7. The first-order valence-corrected chi connectivity index (χ1v) is 20.9. The third-order valence-electron chi connectivity index (χ3n) is 11.5. The Labute approximate surface area is 344 Å². The van der Waals surface area contributed by atoms with E-state index in [-0.39, 0.29) is 28.1 Å². The SMILES string of the molecule is CC.COc1ccccc1CN1CCCC[C@@H]1C(=O)Nc1ccc(C2CC2)cc1.O=C(Nc1ccc(C2CC2)cc1)[C@H]1CC(F)(F)CN1Cc1cccc2c1OCO2.[HH].[HH]. The molecule has 0 radical (unpaired) electrons. The molecular formula is C47H60F2N4O5. The summed E-state index contributed by atoms with van der Waals surface area (Å²) in [5.74, 6) is 0.204. The number of piperidine rings is 1. The van der Waals surface area contributed by atoms with Crippen LogP contribution in [-0.2, 0) is 22.7 Å². The molecule has 9 nitrogen and oxygen atoms in total. The normalized spacial score (nSPS) is 20.8. The Hall–Kier alpha value is -5.00. The largest absolute Gasteiger partial charge is 0.496 e. The number of nitrogens with zero attached hydrogens (tertiary/aromatic N) is 2. The van der Waals surface area contributed by atoms with E-state index in [0.29, 0.717) is 23.1 Å². The lowest BCUT2D eigenvalue weighted by molar-refractivity contribution is -0.123. The van der Waals surface area contributed by atoms with Crippen molar-refractivity contribution in [2.45, 2.75) is 108 Å². The van der Waals surface area contributed by atoms with Crippen molar-refractivity contribution < 1.29 is 35.4 Å². The summed E-state index contributed by atoms with van der Waals surface area (Å²) in [7, 11) is 1.70. The van der Waals surface area contributed by atoms with Gasteiger partial charge in [0, 0.05) is 44.9 Å². The highest BCUT2D eigenvalue weighted by Crippen LogP contribution is 2.42. The molecular weight excluding hydrogens is 739 g/mol. The van der Waals surface area contributed by atoms with E-state index in [0.717, 1.165) is 60.8 Å². The number of nitrogens with one attached hydrogen (secondary N) is 2. The van der Waals surface area contributed by atoms with Gasteiger partial charge in [0.15, 0.2) is 11.5 Å². The molecule has 5 aliphatic rings. The number of fused-ring (bicyclic) bond motifs is 1. The fraction of sp³-hybridized carbons (Fsp3) is 0.447. The molecule has 2 saturated carbocycles. The van der Waals surface area contributed by atoms with Crippen molar-refractivity contribution in [2.24, 2.45) is 0 Å². The van der Waals surface area contributed by atoms with Gasteiger partial charge in [-0.3, -0.25) is 19.4 Å². The summed E-state index contributed by atoms with van der Waals surface area (Å²) >= 11 is 0. The van der Waals surface area contributed by atoms with Crippen LogP contribution in [0, 0.1) is 0 Å². The van der Waals surface area contributed by atoms with Gasteiger partial charge in [0.1, 0.15) is 5.75 Å². The Balaban J connectivity index is 0.000000212. The Morgan fingerprint density at radius 2 is 1.31 bits per heavy atom. The van der Waals surface area contributed by atoms with Crippen LogP contribution in [0.1, 0.15) is 102 Å². The fourth-order valence-electron chi connectivity index (χ4n) is 8.13. The minimum absolute atomic E-state index is 0. The van der Waals surface area contributed by atoms with Gasteiger partial charge in [-0.25, -0.2) is 8.78 Å². The molecule has 2 N–H and O–H groups in total. The van der Waals surface area contributed by atoms with E-state index in [1.54, 1.807) is 19.2 Å². The molecule has 2 saturated heterocycles. The Morgan fingerprint density at radius 1 is 0.724 bits per heavy atom. The molecule has 0 spiro atoms. The van der Waals surface area contributed by atoms with Crippen LogP contribution < -0.4 is 24.8 Å².